The standard InChI is InChI=1S/C13H8F3N3O/c14-13(15,16)11-10(6-18-19-11)7-1-2-9-8(5-7)3-4-17-12(9)20/h1-6H,(H,17,20)(H,18,19). The van der Waals surface area contributed by atoms with Crippen LogP contribution in [0.2, 0.25) is 0 Å². The zero-order valence-electron chi connectivity index (χ0n) is 9.95. The van der Waals surface area contributed by atoms with Gasteiger partial charge in [-0.1, -0.05) is 6.07 Å². The number of H-pyrrole nitrogens is 2. The van der Waals surface area contributed by atoms with Crippen LogP contribution in [0.5, 0.6) is 0 Å². The molecule has 1 aromatic carbocycles. The predicted molar refractivity (Wildman–Crippen MR) is 67.2 cm³/mol. The van der Waals surface area contributed by atoms with Gasteiger partial charge in [-0.25, -0.2) is 0 Å². The summed E-state index contributed by atoms with van der Waals surface area (Å²) in [5.41, 5.74) is -0.872. The molecular formula is C13H8F3N3O. The number of rotatable bonds is 1. The van der Waals surface area contributed by atoms with Gasteiger partial charge in [0, 0.05) is 17.1 Å². The first-order valence-corrected chi connectivity index (χ1v) is 5.69. The summed E-state index contributed by atoms with van der Waals surface area (Å²) < 4.78 is 38.5. The smallest absolute Gasteiger partial charge is 0.329 e. The first kappa shape index (κ1) is 12.5. The topological polar surface area (TPSA) is 61.5 Å². The van der Waals surface area contributed by atoms with E-state index in [4.69, 9.17) is 0 Å². The maximum atomic E-state index is 12.8. The van der Waals surface area contributed by atoms with Gasteiger partial charge in [0.25, 0.3) is 5.56 Å². The first-order valence-electron chi connectivity index (χ1n) is 5.69. The van der Waals surface area contributed by atoms with Crippen molar-refractivity contribution < 1.29 is 13.2 Å². The molecular weight excluding hydrogens is 271 g/mol. The van der Waals surface area contributed by atoms with E-state index in [9.17, 15) is 18.0 Å². The number of hydrogen-bond acceptors (Lipinski definition) is 2. The minimum Gasteiger partial charge on any atom is -0.329 e. The lowest BCUT2D eigenvalue weighted by molar-refractivity contribution is -0.140. The van der Waals surface area contributed by atoms with Gasteiger partial charge in [-0.3, -0.25) is 9.89 Å². The van der Waals surface area contributed by atoms with Gasteiger partial charge in [-0.2, -0.15) is 18.3 Å². The number of aromatic nitrogens is 3. The fourth-order valence-electron chi connectivity index (χ4n) is 2.08. The minimum atomic E-state index is -4.51. The van der Waals surface area contributed by atoms with E-state index in [2.05, 4.69) is 10.1 Å². The number of halogens is 3. The van der Waals surface area contributed by atoms with Crippen molar-refractivity contribution in [3.63, 3.8) is 0 Å². The molecule has 0 radical (unpaired) electrons. The molecule has 0 saturated heterocycles. The van der Waals surface area contributed by atoms with Crippen LogP contribution in [0, 0.1) is 0 Å². The van der Waals surface area contributed by atoms with Crippen LogP contribution in [0.15, 0.2) is 41.5 Å². The molecule has 3 aromatic rings. The number of aromatic amines is 2. The highest BCUT2D eigenvalue weighted by Crippen LogP contribution is 2.35. The summed E-state index contributed by atoms with van der Waals surface area (Å²) in [5.74, 6) is 0. The molecule has 0 aliphatic rings. The number of hydrogen-bond donors (Lipinski definition) is 2. The Hall–Kier alpha value is -2.57. The molecule has 3 rings (SSSR count). The van der Waals surface area contributed by atoms with Crippen molar-refractivity contribution >= 4 is 10.8 Å². The van der Waals surface area contributed by atoms with Crippen LogP contribution in [-0.4, -0.2) is 15.2 Å². The Morgan fingerprint density at radius 2 is 1.95 bits per heavy atom. The molecule has 0 fully saturated rings. The quantitative estimate of drug-likeness (QED) is 0.719. The molecule has 7 heteroatoms. The number of pyridine rings is 1. The van der Waals surface area contributed by atoms with Crippen molar-refractivity contribution in [2.24, 2.45) is 0 Å². The highest BCUT2D eigenvalue weighted by atomic mass is 19.4. The zero-order valence-corrected chi connectivity index (χ0v) is 9.95. The van der Waals surface area contributed by atoms with Gasteiger partial charge >= 0.3 is 6.18 Å². The molecule has 0 aliphatic heterocycles. The van der Waals surface area contributed by atoms with Crippen LogP contribution in [0.1, 0.15) is 5.69 Å². The molecule has 0 amide bonds. The van der Waals surface area contributed by atoms with E-state index < -0.39 is 11.9 Å². The average Bonchev–Trinajstić information content (AvgIpc) is 2.87. The average molecular weight is 279 g/mol. The predicted octanol–water partition coefficient (Wildman–Crippen LogP) is 2.94. The molecule has 0 saturated carbocycles. The Morgan fingerprint density at radius 3 is 2.70 bits per heavy atom. The molecule has 0 spiro atoms. The van der Waals surface area contributed by atoms with Crippen LogP contribution >= 0.6 is 0 Å². The Balaban J connectivity index is 2.21. The third kappa shape index (κ3) is 1.97. The molecule has 2 N–H and O–H groups in total. The van der Waals surface area contributed by atoms with E-state index in [1.54, 1.807) is 6.07 Å². The summed E-state index contributed by atoms with van der Waals surface area (Å²) in [4.78, 5) is 14.1. The highest BCUT2D eigenvalue weighted by Gasteiger charge is 2.35. The third-order valence-electron chi connectivity index (χ3n) is 3.01. The van der Waals surface area contributed by atoms with E-state index in [0.29, 0.717) is 16.3 Å². The first-order chi connectivity index (χ1) is 9.47. The maximum Gasteiger partial charge on any atom is 0.433 e. The monoisotopic (exact) mass is 279 g/mol. The molecule has 2 heterocycles. The number of nitrogens with zero attached hydrogens (tertiary/aromatic N) is 1. The Bertz CT molecular complexity index is 832. The van der Waals surface area contributed by atoms with Crippen molar-refractivity contribution in [2.45, 2.75) is 6.18 Å². The molecule has 20 heavy (non-hydrogen) atoms. The van der Waals surface area contributed by atoms with Crippen molar-refractivity contribution in [3.8, 4) is 11.1 Å². The highest BCUT2D eigenvalue weighted by molar-refractivity contribution is 5.86. The molecule has 102 valence electrons. The van der Waals surface area contributed by atoms with Gasteiger partial charge < -0.3 is 4.98 Å². The molecule has 0 aliphatic carbocycles. The van der Waals surface area contributed by atoms with Gasteiger partial charge in [0.1, 0.15) is 5.69 Å². The normalized spacial score (nSPS) is 11.9. The van der Waals surface area contributed by atoms with Gasteiger partial charge in [0.2, 0.25) is 0 Å². The van der Waals surface area contributed by atoms with Crippen LogP contribution in [0.25, 0.3) is 21.9 Å². The summed E-state index contributed by atoms with van der Waals surface area (Å²) in [6.07, 6.45) is -1.93. The van der Waals surface area contributed by atoms with Gasteiger partial charge in [-0.15, -0.1) is 0 Å². The van der Waals surface area contributed by atoms with Crippen LogP contribution in [0.3, 0.4) is 0 Å². The van der Waals surface area contributed by atoms with E-state index in [1.165, 1.54) is 24.4 Å². The fraction of sp³-hybridized carbons (Fsp3) is 0.0769. The number of alkyl halides is 3. The second-order valence-corrected chi connectivity index (χ2v) is 4.27. The maximum absolute atomic E-state index is 12.8. The van der Waals surface area contributed by atoms with Gasteiger partial charge in [-0.05, 0) is 29.1 Å². The Morgan fingerprint density at radius 1 is 1.15 bits per heavy atom. The second-order valence-electron chi connectivity index (χ2n) is 4.27. The summed E-state index contributed by atoms with van der Waals surface area (Å²) >= 11 is 0. The molecule has 0 atom stereocenters. The molecule has 2 aromatic heterocycles. The Labute approximate surface area is 110 Å². The number of benzene rings is 1. The van der Waals surface area contributed by atoms with E-state index in [1.807, 2.05) is 5.10 Å². The van der Waals surface area contributed by atoms with Crippen molar-refractivity contribution in [2.75, 3.05) is 0 Å². The molecule has 0 bridgehead atoms. The lowest BCUT2D eigenvalue weighted by Crippen LogP contribution is -2.07. The van der Waals surface area contributed by atoms with E-state index >= 15 is 0 Å². The largest absolute Gasteiger partial charge is 0.433 e. The van der Waals surface area contributed by atoms with E-state index in [0.717, 1.165) is 6.20 Å². The third-order valence-corrected chi connectivity index (χ3v) is 3.01. The van der Waals surface area contributed by atoms with Crippen molar-refractivity contribution in [1.29, 1.82) is 0 Å². The Kier molecular flexibility index (Phi) is 2.63. The fourth-order valence-corrected chi connectivity index (χ4v) is 2.08. The van der Waals surface area contributed by atoms with Crippen molar-refractivity contribution in [3.05, 3.63) is 52.7 Å². The number of nitrogens with one attached hydrogen (secondary N) is 2. The van der Waals surface area contributed by atoms with Crippen LogP contribution in [0.4, 0.5) is 13.2 Å². The minimum absolute atomic E-state index is 0.0420. The van der Waals surface area contributed by atoms with Crippen LogP contribution < -0.4 is 5.56 Å². The second kappa shape index (κ2) is 4.22. The zero-order chi connectivity index (χ0) is 14.3. The molecule has 4 nitrogen and oxygen atoms in total. The summed E-state index contributed by atoms with van der Waals surface area (Å²) in [5, 5.41) is 6.40. The van der Waals surface area contributed by atoms with Gasteiger partial charge in [0.15, 0.2) is 0 Å². The van der Waals surface area contributed by atoms with Crippen LogP contribution in [-0.2, 0) is 6.18 Å². The van der Waals surface area contributed by atoms with Gasteiger partial charge in [0.05, 0.1) is 6.20 Å². The summed E-state index contributed by atoms with van der Waals surface area (Å²) in [6, 6.07) is 6.13. The lowest BCUT2D eigenvalue weighted by Gasteiger charge is -2.07. The summed E-state index contributed by atoms with van der Waals surface area (Å²) in [7, 11) is 0. The lowest BCUT2D eigenvalue weighted by atomic mass is 10.0. The van der Waals surface area contributed by atoms with Crippen molar-refractivity contribution in [1.82, 2.24) is 15.2 Å². The van der Waals surface area contributed by atoms with E-state index in [-0.39, 0.29) is 11.1 Å². The molecule has 0 unspecified atom stereocenters. The summed E-state index contributed by atoms with van der Waals surface area (Å²) in [6.45, 7) is 0. The SMILES string of the molecule is O=c1[nH]ccc2cc(-c3cn[nH]c3C(F)(F)F)ccc12. The number of fused-ring (bicyclic) bond motifs is 1.